The van der Waals surface area contributed by atoms with Crippen molar-refractivity contribution in [3.63, 3.8) is 0 Å². The molecule has 6 rings (SSSR count). The standard InChI is InChI=1S/C32H30Cl2IN3O5/c1-2-42-31(41)38-12-10-22(11-13-38)43-27-9-7-21(35)16-23(27)29-32(24-8-6-20(34)15-26(24)36-30(32)40)25(17-28(39)37-29)18-4-3-5-19(33)14-18/h3-9,14-16,22,25,29H,2,10-13,17H2,1H3,(H,36,40)(H,37,39)/t25-,29+,32?/m0/s1. The maximum atomic E-state index is 14.4. The van der Waals surface area contributed by atoms with Crippen molar-refractivity contribution >= 4 is 69.4 Å². The van der Waals surface area contributed by atoms with E-state index < -0.39 is 17.4 Å². The molecule has 3 aromatic carbocycles. The lowest BCUT2D eigenvalue weighted by Crippen LogP contribution is -2.57. The number of amides is 3. The summed E-state index contributed by atoms with van der Waals surface area (Å²) in [5.74, 6) is -0.344. The second-order valence-electron chi connectivity index (χ2n) is 11.0. The highest BCUT2D eigenvalue weighted by Gasteiger charge is 2.61. The quantitative estimate of drug-likeness (QED) is 0.281. The lowest BCUT2D eigenvalue weighted by Gasteiger charge is -2.47. The summed E-state index contributed by atoms with van der Waals surface area (Å²) in [5.41, 5.74) is 1.66. The second-order valence-corrected chi connectivity index (χ2v) is 13.1. The predicted octanol–water partition coefficient (Wildman–Crippen LogP) is 6.83. The van der Waals surface area contributed by atoms with E-state index in [4.69, 9.17) is 32.7 Å². The van der Waals surface area contributed by atoms with Gasteiger partial charge in [0.15, 0.2) is 0 Å². The Labute approximate surface area is 273 Å². The average molecular weight is 734 g/mol. The van der Waals surface area contributed by atoms with Crippen LogP contribution in [0.3, 0.4) is 0 Å². The van der Waals surface area contributed by atoms with Gasteiger partial charge in [-0.05, 0) is 83.1 Å². The molecule has 0 saturated carbocycles. The maximum Gasteiger partial charge on any atom is 0.409 e. The van der Waals surface area contributed by atoms with E-state index in [0.717, 1.165) is 14.7 Å². The van der Waals surface area contributed by atoms with E-state index in [2.05, 4.69) is 33.2 Å². The Morgan fingerprint density at radius 1 is 1.05 bits per heavy atom. The SMILES string of the molecule is CCOC(=O)N1CCC(Oc2ccc(I)cc2[C@H]2NC(=O)C[C@@H](c3cccc(Cl)c3)C23C(=O)Nc2cc(Cl)ccc23)CC1. The van der Waals surface area contributed by atoms with Crippen LogP contribution in [0.25, 0.3) is 0 Å². The summed E-state index contributed by atoms with van der Waals surface area (Å²) in [6.45, 7) is 3.15. The summed E-state index contributed by atoms with van der Waals surface area (Å²) in [6.07, 6.45) is 0.866. The predicted molar refractivity (Wildman–Crippen MR) is 173 cm³/mol. The summed E-state index contributed by atoms with van der Waals surface area (Å²) in [5, 5.41) is 7.28. The number of benzene rings is 3. The molecule has 2 fully saturated rings. The molecule has 3 atom stereocenters. The first kappa shape index (κ1) is 30.0. The number of ether oxygens (including phenoxy) is 2. The molecule has 3 aromatic rings. The molecular weight excluding hydrogens is 704 g/mol. The first-order valence-electron chi connectivity index (χ1n) is 14.2. The molecule has 3 aliphatic rings. The van der Waals surface area contributed by atoms with Gasteiger partial charge in [-0.15, -0.1) is 0 Å². The first-order chi connectivity index (χ1) is 20.7. The van der Waals surface area contributed by atoms with Crippen molar-refractivity contribution in [2.75, 3.05) is 25.0 Å². The van der Waals surface area contributed by atoms with Crippen LogP contribution in [0.15, 0.2) is 60.7 Å². The molecule has 11 heteroatoms. The molecule has 0 aromatic heterocycles. The molecule has 1 unspecified atom stereocenters. The Kier molecular flexibility index (Phi) is 8.50. The summed E-state index contributed by atoms with van der Waals surface area (Å²) < 4.78 is 12.7. The zero-order chi connectivity index (χ0) is 30.3. The van der Waals surface area contributed by atoms with Crippen molar-refractivity contribution in [1.29, 1.82) is 0 Å². The zero-order valence-electron chi connectivity index (χ0n) is 23.4. The van der Waals surface area contributed by atoms with E-state index in [-0.39, 0.29) is 30.4 Å². The lowest BCUT2D eigenvalue weighted by atomic mass is 9.59. The Bertz CT molecular complexity index is 1590. The normalized spacial score (nSPS) is 23.5. The van der Waals surface area contributed by atoms with Gasteiger partial charge >= 0.3 is 6.09 Å². The smallest absolute Gasteiger partial charge is 0.409 e. The Hall–Kier alpha value is -3.02. The van der Waals surface area contributed by atoms with Gasteiger partial charge in [0.2, 0.25) is 11.8 Å². The number of rotatable bonds is 5. The third kappa shape index (κ3) is 5.55. The number of fused-ring (bicyclic) bond motifs is 2. The van der Waals surface area contributed by atoms with Crippen LogP contribution in [-0.4, -0.2) is 48.6 Å². The van der Waals surface area contributed by atoms with Gasteiger partial charge in [0, 0.05) is 63.1 Å². The average Bonchev–Trinajstić information content (AvgIpc) is 3.26. The van der Waals surface area contributed by atoms with E-state index >= 15 is 0 Å². The van der Waals surface area contributed by atoms with E-state index in [1.165, 1.54) is 0 Å². The number of carbonyl (C=O) groups excluding carboxylic acids is 3. The number of nitrogens with one attached hydrogen (secondary N) is 2. The number of nitrogens with zero attached hydrogens (tertiary/aromatic N) is 1. The van der Waals surface area contributed by atoms with Crippen LogP contribution in [0, 0.1) is 3.57 Å². The van der Waals surface area contributed by atoms with Crippen molar-refractivity contribution in [1.82, 2.24) is 10.2 Å². The Morgan fingerprint density at radius 2 is 1.81 bits per heavy atom. The largest absolute Gasteiger partial charge is 0.490 e. The van der Waals surface area contributed by atoms with Gasteiger partial charge in [0.25, 0.3) is 0 Å². The minimum atomic E-state index is -1.21. The third-order valence-electron chi connectivity index (χ3n) is 8.55. The van der Waals surface area contributed by atoms with Crippen LogP contribution >= 0.6 is 45.8 Å². The summed E-state index contributed by atoms with van der Waals surface area (Å²) in [6, 6.07) is 17.8. The minimum Gasteiger partial charge on any atom is -0.490 e. The number of halogens is 3. The van der Waals surface area contributed by atoms with Crippen molar-refractivity contribution in [2.24, 2.45) is 0 Å². The third-order valence-corrected chi connectivity index (χ3v) is 9.69. The van der Waals surface area contributed by atoms with Crippen molar-refractivity contribution < 1.29 is 23.9 Å². The molecule has 224 valence electrons. The number of likely N-dealkylation sites (tertiary alicyclic amines) is 1. The van der Waals surface area contributed by atoms with Crippen molar-refractivity contribution in [3.8, 4) is 5.75 Å². The van der Waals surface area contributed by atoms with E-state index in [1.54, 1.807) is 30.0 Å². The minimum absolute atomic E-state index is 0.0960. The number of hydrogen-bond acceptors (Lipinski definition) is 5. The first-order valence-corrected chi connectivity index (χ1v) is 16.1. The van der Waals surface area contributed by atoms with Gasteiger partial charge in [-0.1, -0.05) is 41.4 Å². The zero-order valence-corrected chi connectivity index (χ0v) is 27.0. The van der Waals surface area contributed by atoms with Crippen LogP contribution < -0.4 is 15.4 Å². The summed E-state index contributed by atoms with van der Waals surface area (Å²) in [4.78, 5) is 41.8. The molecule has 0 aliphatic carbocycles. The number of piperidine rings is 2. The monoisotopic (exact) mass is 733 g/mol. The molecule has 0 radical (unpaired) electrons. The molecule has 3 aliphatic heterocycles. The van der Waals surface area contributed by atoms with Gasteiger partial charge in [-0.25, -0.2) is 4.79 Å². The molecule has 2 saturated heterocycles. The summed E-state index contributed by atoms with van der Waals surface area (Å²) >= 11 is 15.0. The van der Waals surface area contributed by atoms with Crippen LogP contribution in [0.2, 0.25) is 10.0 Å². The van der Waals surface area contributed by atoms with Gasteiger partial charge in [-0.3, -0.25) is 9.59 Å². The van der Waals surface area contributed by atoms with Crippen LogP contribution in [0.1, 0.15) is 54.8 Å². The topological polar surface area (TPSA) is 97.0 Å². The Balaban J connectivity index is 1.44. The molecule has 2 N–H and O–H groups in total. The molecule has 3 amide bonds. The molecule has 8 nitrogen and oxygen atoms in total. The number of carbonyl (C=O) groups is 3. The van der Waals surface area contributed by atoms with Crippen LogP contribution in [-0.2, 0) is 19.7 Å². The van der Waals surface area contributed by atoms with Gasteiger partial charge < -0.3 is 25.0 Å². The molecular formula is C32H30Cl2IN3O5. The van der Waals surface area contributed by atoms with Crippen LogP contribution in [0.4, 0.5) is 10.5 Å². The fourth-order valence-corrected chi connectivity index (χ4v) is 7.56. The highest BCUT2D eigenvalue weighted by atomic mass is 127. The highest BCUT2D eigenvalue weighted by molar-refractivity contribution is 14.1. The fourth-order valence-electron chi connectivity index (χ4n) is 6.67. The van der Waals surface area contributed by atoms with E-state index in [1.807, 2.05) is 42.5 Å². The van der Waals surface area contributed by atoms with E-state index in [0.29, 0.717) is 59.6 Å². The number of hydrogen-bond donors (Lipinski definition) is 2. The maximum absolute atomic E-state index is 14.4. The van der Waals surface area contributed by atoms with Gasteiger partial charge in [0.05, 0.1) is 12.6 Å². The molecule has 1 spiro atoms. The Morgan fingerprint density at radius 3 is 2.56 bits per heavy atom. The second kappa shape index (κ2) is 12.2. The molecule has 3 heterocycles. The van der Waals surface area contributed by atoms with E-state index in [9.17, 15) is 14.4 Å². The van der Waals surface area contributed by atoms with Gasteiger partial charge in [-0.2, -0.15) is 0 Å². The highest BCUT2D eigenvalue weighted by Crippen LogP contribution is 2.58. The van der Waals surface area contributed by atoms with Gasteiger partial charge in [0.1, 0.15) is 17.3 Å². The summed E-state index contributed by atoms with van der Waals surface area (Å²) in [7, 11) is 0. The number of anilines is 1. The lowest BCUT2D eigenvalue weighted by molar-refractivity contribution is -0.131. The van der Waals surface area contributed by atoms with Crippen molar-refractivity contribution in [2.45, 2.75) is 49.7 Å². The molecule has 0 bridgehead atoms. The van der Waals surface area contributed by atoms with Crippen LogP contribution in [0.5, 0.6) is 5.75 Å². The fraction of sp³-hybridized carbons (Fsp3) is 0.344. The molecule has 43 heavy (non-hydrogen) atoms. The van der Waals surface area contributed by atoms with Crippen molar-refractivity contribution in [3.05, 3.63) is 91.0 Å².